The normalized spacial score (nSPS) is 46.8. The molecule has 136 valence electrons. The maximum Gasteiger partial charge on any atom is 0.155 e. The zero-order chi connectivity index (χ0) is 17.2. The molecule has 0 N–H and O–H groups in total. The molecule has 0 amide bonds. The molecule has 0 aliphatic heterocycles. The Bertz CT molecular complexity index is 628. The molecule has 0 bridgehead atoms. The fraction of sp³-hybridized carbons (Fsp3) is 0.783. The Morgan fingerprint density at radius 3 is 2.80 bits per heavy atom. The molecule has 0 heterocycles. The van der Waals surface area contributed by atoms with Crippen LogP contribution in [0.25, 0.3) is 0 Å². The van der Waals surface area contributed by atoms with E-state index in [2.05, 4.69) is 13.5 Å². The Balaban J connectivity index is 1.44. The van der Waals surface area contributed by atoms with Crippen molar-refractivity contribution in [1.29, 1.82) is 0 Å². The minimum atomic E-state index is 0.367. The van der Waals surface area contributed by atoms with E-state index in [9.17, 15) is 4.79 Å². The third kappa shape index (κ3) is 2.29. The van der Waals surface area contributed by atoms with Crippen molar-refractivity contribution in [3.63, 3.8) is 0 Å². The van der Waals surface area contributed by atoms with Gasteiger partial charge >= 0.3 is 0 Å². The molecular weight excluding hydrogens is 308 g/mol. The van der Waals surface area contributed by atoms with Crippen molar-refractivity contribution < 1.29 is 9.53 Å². The highest BCUT2D eigenvalue weighted by Crippen LogP contribution is 2.73. The first kappa shape index (κ1) is 16.3. The maximum atomic E-state index is 11.8. The van der Waals surface area contributed by atoms with Crippen LogP contribution >= 0.6 is 0 Å². The van der Waals surface area contributed by atoms with Crippen LogP contribution in [-0.2, 0) is 9.53 Å². The summed E-state index contributed by atoms with van der Waals surface area (Å²) in [7, 11) is 0. The number of fused-ring (bicyclic) bond motifs is 5. The van der Waals surface area contributed by atoms with Crippen LogP contribution in [0.15, 0.2) is 24.3 Å². The van der Waals surface area contributed by atoms with Crippen molar-refractivity contribution in [3.05, 3.63) is 24.3 Å². The van der Waals surface area contributed by atoms with Gasteiger partial charge in [-0.05, 0) is 91.9 Å². The van der Waals surface area contributed by atoms with Crippen LogP contribution < -0.4 is 0 Å². The highest BCUT2D eigenvalue weighted by atomic mass is 16.5. The van der Waals surface area contributed by atoms with E-state index < -0.39 is 0 Å². The first-order valence-electron chi connectivity index (χ1n) is 10.5. The molecule has 6 atom stereocenters. The summed E-state index contributed by atoms with van der Waals surface area (Å²) in [5.41, 5.74) is 2.36. The lowest BCUT2D eigenvalue weighted by Gasteiger charge is -2.53. The predicted octanol–water partition coefficient (Wildman–Crippen LogP) is 5.09. The first-order valence-corrected chi connectivity index (χ1v) is 10.5. The number of ether oxygens (including phenoxy) is 1. The molecule has 5 aliphatic carbocycles. The lowest BCUT2D eigenvalue weighted by atomic mass is 9.52. The highest BCUT2D eigenvalue weighted by Gasteiger charge is 2.68. The van der Waals surface area contributed by atoms with E-state index in [1.165, 1.54) is 50.5 Å². The summed E-state index contributed by atoms with van der Waals surface area (Å²) in [6.07, 6.45) is 15.6. The van der Waals surface area contributed by atoms with Gasteiger partial charge < -0.3 is 4.74 Å². The molecule has 4 saturated carbocycles. The van der Waals surface area contributed by atoms with Gasteiger partial charge in [0.1, 0.15) is 0 Å². The van der Waals surface area contributed by atoms with E-state index >= 15 is 0 Å². The van der Waals surface area contributed by atoms with E-state index in [-0.39, 0.29) is 0 Å². The SMILES string of the molecule is C=CCOC1C2(CC2)CC2C3CCC4=CC(=O)CCC4C3CCC21C. The molecule has 25 heavy (non-hydrogen) atoms. The molecule has 0 radical (unpaired) electrons. The topological polar surface area (TPSA) is 26.3 Å². The monoisotopic (exact) mass is 340 g/mol. The van der Waals surface area contributed by atoms with Crippen molar-refractivity contribution in [3.8, 4) is 0 Å². The largest absolute Gasteiger partial charge is 0.373 e. The van der Waals surface area contributed by atoms with Crippen LogP contribution in [-0.4, -0.2) is 18.5 Å². The van der Waals surface area contributed by atoms with E-state index in [1.807, 2.05) is 12.2 Å². The van der Waals surface area contributed by atoms with E-state index in [4.69, 9.17) is 4.74 Å². The summed E-state index contributed by atoms with van der Waals surface area (Å²) in [5.74, 6) is 3.62. The number of ketones is 1. The zero-order valence-electron chi connectivity index (χ0n) is 15.6. The van der Waals surface area contributed by atoms with Gasteiger partial charge in [-0.1, -0.05) is 18.6 Å². The van der Waals surface area contributed by atoms with E-state index in [0.29, 0.717) is 35.2 Å². The van der Waals surface area contributed by atoms with Crippen LogP contribution in [0.1, 0.15) is 64.7 Å². The molecule has 2 heteroatoms. The number of hydrogen-bond donors (Lipinski definition) is 0. The van der Waals surface area contributed by atoms with Crippen LogP contribution in [0.3, 0.4) is 0 Å². The van der Waals surface area contributed by atoms with Crippen LogP contribution in [0, 0.1) is 34.5 Å². The third-order valence-electron chi connectivity index (χ3n) is 8.79. The number of allylic oxidation sites excluding steroid dienone is 1. The van der Waals surface area contributed by atoms with Crippen LogP contribution in [0.2, 0.25) is 0 Å². The summed E-state index contributed by atoms with van der Waals surface area (Å²) in [4.78, 5) is 11.8. The Hall–Kier alpha value is -0.890. The molecule has 5 aliphatic rings. The molecule has 0 aromatic rings. The average Bonchev–Trinajstić information content (AvgIpc) is 3.32. The summed E-state index contributed by atoms with van der Waals surface area (Å²) in [5, 5.41) is 0. The second kappa shape index (κ2) is 5.55. The number of carbonyl (C=O) groups excluding carboxylic acids is 1. The van der Waals surface area contributed by atoms with Crippen molar-refractivity contribution >= 4 is 5.78 Å². The molecule has 2 nitrogen and oxygen atoms in total. The van der Waals surface area contributed by atoms with E-state index in [0.717, 1.165) is 30.6 Å². The smallest absolute Gasteiger partial charge is 0.155 e. The lowest BCUT2D eigenvalue weighted by Crippen LogP contribution is -2.48. The molecule has 0 saturated heterocycles. The Labute approximate surface area is 152 Å². The van der Waals surface area contributed by atoms with E-state index in [1.54, 1.807) is 0 Å². The second-order valence-electron chi connectivity index (χ2n) is 9.92. The molecular formula is C23H32O2. The van der Waals surface area contributed by atoms with Crippen LogP contribution in [0.4, 0.5) is 0 Å². The minimum absolute atomic E-state index is 0.367. The van der Waals surface area contributed by atoms with Gasteiger partial charge in [-0.15, -0.1) is 6.58 Å². The number of carbonyl (C=O) groups is 1. The van der Waals surface area contributed by atoms with Crippen molar-refractivity contribution in [1.82, 2.24) is 0 Å². The Morgan fingerprint density at radius 2 is 2.04 bits per heavy atom. The molecule has 5 rings (SSSR count). The van der Waals surface area contributed by atoms with Gasteiger partial charge in [-0.2, -0.15) is 0 Å². The van der Waals surface area contributed by atoms with Gasteiger partial charge in [-0.25, -0.2) is 0 Å². The zero-order valence-corrected chi connectivity index (χ0v) is 15.6. The van der Waals surface area contributed by atoms with Gasteiger partial charge in [0.25, 0.3) is 0 Å². The molecule has 0 aromatic heterocycles. The average molecular weight is 341 g/mol. The summed E-state index contributed by atoms with van der Waals surface area (Å²) in [6, 6.07) is 0. The molecule has 6 unspecified atom stereocenters. The minimum Gasteiger partial charge on any atom is -0.373 e. The highest BCUT2D eigenvalue weighted by molar-refractivity contribution is 5.91. The Kier molecular flexibility index (Phi) is 3.62. The summed E-state index contributed by atoms with van der Waals surface area (Å²) >= 11 is 0. The van der Waals surface area contributed by atoms with Crippen molar-refractivity contribution in [2.24, 2.45) is 34.5 Å². The van der Waals surface area contributed by atoms with Gasteiger partial charge in [-0.3, -0.25) is 4.79 Å². The number of rotatable bonds is 3. The van der Waals surface area contributed by atoms with Crippen molar-refractivity contribution in [2.75, 3.05) is 6.61 Å². The van der Waals surface area contributed by atoms with Gasteiger partial charge in [0, 0.05) is 6.42 Å². The van der Waals surface area contributed by atoms with Gasteiger partial charge in [0.2, 0.25) is 0 Å². The Morgan fingerprint density at radius 1 is 1.20 bits per heavy atom. The van der Waals surface area contributed by atoms with Gasteiger partial charge in [0.15, 0.2) is 5.78 Å². The fourth-order valence-corrected chi connectivity index (χ4v) is 7.64. The third-order valence-corrected chi connectivity index (χ3v) is 8.79. The van der Waals surface area contributed by atoms with Crippen molar-refractivity contribution in [2.45, 2.75) is 70.8 Å². The molecule has 0 aromatic carbocycles. The fourth-order valence-electron chi connectivity index (χ4n) is 7.64. The predicted molar refractivity (Wildman–Crippen MR) is 99.1 cm³/mol. The lowest BCUT2D eigenvalue weighted by molar-refractivity contribution is -0.116. The number of hydrogen-bond acceptors (Lipinski definition) is 2. The first-order chi connectivity index (χ1) is 12.1. The van der Waals surface area contributed by atoms with Crippen LogP contribution in [0.5, 0.6) is 0 Å². The standard InChI is InChI=1S/C23H32O2/c1-3-12-25-21-22(2)9-8-18-17-7-5-16(24)13-15(17)4-6-19(18)20(22)14-23(21)10-11-23/h3,13,17-21H,1,4-12,14H2,2H3. The quantitative estimate of drug-likeness (QED) is 0.669. The molecule has 1 spiro atoms. The maximum absolute atomic E-state index is 11.8. The van der Waals surface area contributed by atoms with Gasteiger partial charge in [0.05, 0.1) is 12.7 Å². The second-order valence-corrected chi connectivity index (χ2v) is 9.92. The summed E-state index contributed by atoms with van der Waals surface area (Å²) in [6.45, 7) is 7.13. The molecule has 4 fully saturated rings. The summed E-state index contributed by atoms with van der Waals surface area (Å²) < 4.78 is 6.43.